The zero-order valence-electron chi connectivity index (χ0n) is 13.4. The topological polar surface area (TPSA) is 75.9 Å². The molecule has 0 fully saturated rings. The SMILES string of the molecule is Cc1cc(C)n(-c2ccc(NC(CO)c3ccc(Cl)cc3)nn2)n1. The van der Waals surface area contributed by atoms with Gasteiger partial charge in [-0.15, -0.1) is 10.2 Å². The van der Waals surface area contributed by atoms with Crippen LogP contribution in [0.3, 0.4) is 0 Å². The zero-order valence-corrected chi connectivity index (χ0v) is 14.2. The van der Waals surface area contributed by atoms with E-state index in [2.05, 4.69) is 20.6 Å². The van der Waals surface area contributed by atoms with Crippen molar-refractivity contribution in [1.82, 2.24) is 20.0 Å². The van der Waals surface area contributed by atoms with Crippen LogP contribution in [0.1, 0.15) is 23.0 Å². The summed E-state index contributed by atoms with van der Waals surface area (Å²) in [7, 11) is 0. The Hall–Kier alpha value is -2.44. The molecule has 0 radical (unpaired) electrons. The van der Waals surface area contributed by atoms with Crippen LogP contribution in [0, 0.1) is 13.8 Å². The number of hydrogen-bond acceptors (Lipinski definition) is 5. The maximum atomic E-state index is 9.62. The number of aliphatic hydroxyl groups is 1. The van der Waals surface area contributed by atoms with Gasteiger partial charge < -0.3 is 10.4 Å². The van der Waals surface area contributed by atoms with Crippen molar-refractivity contribution in [3.8, 4) is 5.82 Å². The van der Waals surface area contributed by atoms with Gasteiger partial charge in [0.05, 0.1) is 18.3 Å². The van der Waals surface area contributed by atoms with Crippen LogP contribution in [-0.4, -0.2) is 31.7 Å². The summed E-state index contributed by atoms with van der Waals surface area (Å²) in [6.45, 7) is 3.84. The molecule has 1 aromatic carbocycles. The second kappa shape index (κ2) is 6.98. The molecule has 24 heavy (non-hydrogen) atoms. The first kappa shape index (κ1) is 16.4. The van der Waals surface area contributed by atoms with Crippen molar-refractivity contribution in [3.63, 3.8) is 0 Å². The van der Waals surface area contributed by atoms with Gasteiger partial charge in [0.25, 0.3) is 0 Å². The molecule has 0 aliphatic rings. The van der Waals surface area contributed by atoms with E-state index in [1.54, 1.807) is 16.8 Å². The number of anilines is 1. The number of rotatable bonds is 5. The van der Waals surface area contributed by atoms with Gasteiger partial charge in [0.15, 0.2) is 5.82 Å². The Labute approximate surface area is 145 Å². The normalized spacial score (nSPS) is 12.2. The van der Waals surface area contributed by atoms with Gasteiger partial charge in [-0.05, 0) is 49.7 Å². The van der Waals surface area contributed by atoms with E-state index in [0.29, 0.717) is 16.7 Å². The fourth-order valence-electron chi connectivity index (χ4n) is 2.48. The average Bonchev–Trinajstić information content (AvgIpc) is 2.92. The van der Waals surface area contributed by atoms with E-state index in [1.165, 1.54) is 0 Å². The van der Waals surface area contributed by atoms with E-state index >= 15 is 0 Å². The summed E-state index contributed by atoms with van der Waals surface area (Å²) in [5.74, 6) is 1.23. The molecule has 1 atom stereocenters. The molecular weight excluding hydrogens is 326 g/mol. The molecule has 1 unspecified atom stereocenters. The predicted molar refractivity (Wildman–Crippen MR) is 93.5 cm³/mol. The minimum Gasteiger partial charge on any atom is -0.394 e. The third-order valence-corrected chi connectivity index (χ3v) is 3.91. The molecule has 0 spiro atoms. The molecule has 0 saturated carbocycles. The van der Waals surface area contributed by atoms with Gasteiger partial charge in [-0.3, -0.25) is 0 Å². The molecule has 2 heterocycles. The molecule has 2 N–H and O–H groups in total. The number of aryl methyl sites for hydroxylation is 2. The molecule has 6 nitrogen and oxygen atoms in total. The highest BCUT2D eigenvalue weighted by atomic mass is 35.5. The highest BCUT2D eigenvalue weighted by molar-refractivity contribution is 6.30. The summed E-state index contributed by atoms with van der Waals surface area (Å²) in [4.78, 5) is 0. The molecule has 124 valence electrons. The standard InChI is InChI=1S/C17H18ClN5O/c1-11-9-12(2)23(22-11)17-8-7-16(20-21-17)19-15(10-24)13-3-5-14(18)6-4-13/h3-9,15,24H,10H2,1-2H3,(H,19,20). The Morgan fingerprint density at radius 3 is 2.42 bits per heavy atom. The summed E-state index contributed by atoms with van der Waals surface area (Å²) in [5, 5.41) is 26.2. The molecule has 0 saturated heterocycles. The highest BCUT2D eigenvalue weighted by Gasteiger charge is 2.12. The number of hydrogen-bond donors (Lipinski definition) is 2. The molecule has 0 bridgehead atoms. The molecule has 2 aromatic heterocycles. The molecule has 0 amide bonds. The summed E-state index contributed by atoms with van der Waals surface area (Å²) >= 11 is 5.90. The van der Waals surface area contributed by atoms with Crippen LogP contribution in [0.5, 0.6) is 0 Å². The molecule has 7 heteroatoms. The molecule has 3 rings (SSSR count). The van der Waals surface area contributed by atoms with Gasteiger partial charge in [-0.1, -0.05) is 23.7 Å². The van der Waals surface area contributed by atoms with E-state index < -0.39 is 0 Å². The lowest BCUT2D eigenvalue weighted by Gasteiger charge is -2.17. The third kappa shape index (κ3) is 3.55. The number of halogens is 1. The predicted octanol–water partition coefficient (Wildman–Crippen LogP) is 3.08. The van der Waals surface area contributed by atoms with Crippen LogP contribution in [0.25, 0.3) is 5.82 Å². The Kier molecular flexibility index (Phi) is 4.78. The van der Waals surface area contributed by atoms with Gasteiger partial charge in [-0.2, -0.15) is 5.10 Å². The van der Waals surface area contributed by atoms with E-state index in [4.69, 9.17) is 11.6 Å². The van der Waals surface area contributed by atoms with E-state index in [0.717, 1.165) is 17.0 Å². The number of aromatic nitrogens is 4. The van der Waals surface area contributed by atoms with Gasteiger partial charge >= 0.3 is 0 Å². The monoisotopic (exact) mass is 343 g/mol. The number of nitrogens with zero attached hydrogens (tertiary/aromatic N) is 4. The van der Waals surface area contributed by atoms with E-state index in [-0.39, 0.29) is 12.6 Å². The van der Waals surface area contributed by atoms with Crippen LogP contribution < -0.4 is 5.32 Å². The lowest BCUT2D eigenvalue weighted by molar-refractivity contribution is 0.276. The Morgan fingerprint density at radius 2 is 1.88 bits per heavy atom. The second-order valence-corrected chi connectivity index (χ2v) is 5.98. The van der Waals surface area contributed by atoms with Crippen molar-refractivity contribution >= 4 is 17.4 Å². The van der Waals surface area contributed by atoms with E-state index in [1.807, 2.05) is 44.2 Å². The third-order valence-electron chi connectivity index (χ3n) is 3.65. The Bertz CT molecular complexity index is 814. The number of aliphatic hydroxyl groups excluding tert-OH is 1. The van der Waals surface area contributed by atoms with Gasteiger partial charge in [-0.25, -0.2) is 4.68 Å². The molecular formula is C17H18ClN5O. The van der Waals surface area contributed by atoms with Crippen molar-refractivity contribution < 1.29 is 5.11 Å². The Balaban J connectivity index is 1.77. The average molecular weight is 344 g/mol. The Morgan fingerprint density at radius 1 is 1.12 bits per heavy atom. The maximum absolute atomic E-state index is 9.62. The van der Waals surface area contributed by atoms with Gasteiger partial charge in [0.1, 0.15) is 5.82 Å². The molecule has 0 aliphatic carbocycles. The molecule has 0 aliphatic heterocycles. The summed E-state index contributed by atoms with van der Waals surface area (Å²) in [6, 6.07) is 12.7. The van der Waals surface area contributed by atoms with E-state index in [9.17, 15) is 5.11 Å². The molecule has 3 aromatic rings. The lowest BCUT2D eigenvalue weighted by Crippen LogP contribution is -2.16. The van der Waals surface area contributed by atoms with Crippen molar-refractivity contribution in [3.05, 3.63) is 64.4 Å². The lowest BCUT2D eigenvalue weighted by atomic mass is 10.1. The maximum Gasteiger partial charge on any atom is 0.176 e. The zero-order chi connectivity index (χ0) is 17.1. The van der Waals surface area contributed by atoms with Gasteiger partial charge in [0, 0.05) is 10.7 Å². The first-order chi connectivity index (χ1) is 11.6. The van der Waals surface area contributed by atoms with Crippen molar-refractivity contribution in [2.75, 3.05) is 11.9 Å². The summed E-state index contributed by atoms with van der Waals surface area (Å²) in [5.41, 5.74) is 2.85. The minimum absolute atomic E-state index is 0.0669. The minimum atomic E-state index is -0.281. The van der Waals surface area contributed by atoms with Gasteiger partial charge in [0.2, 0.25) is 0 Å². The van der Waals surface area contributed by atoms with Crippen LogP contribution in [0.4, 0.5) is 5.82 Å². The highest BCUT2D eigenvalue weighted by Crippen LogP contribution is 2.20. The quantitative estimate of drug-likeness (QED) is 0.744. The van der Waals surface area contributed by atoms with Crippen LogP contribution in [0.2, 0.25) is 5.02 Å². The van der Waals surface area contributed by atoms with Crippen LogP contribution in [0.15, 0.2) is 42.5 Å². The van der Waals surface area contributed by atoms with Crippen molar-refractivity contribution in [2.24, 2.45) is 0 Å². The first-order valence-electron chi connectivity index (χ1n) is 7.57. The largest absolute Gasteiger partial charge is 0.394 e. The van der Waals surface area contributed by atoms with Crippen LogP contribution in [-0.2, 0) is 0 Å². The summed E-state index contributed by atoms with van der Waals surface area (Å²) in [6.07, 6.45) is 0. The second-order valence-electron chi connectivity index (χ2n) is 5.55. The van der Waals surface area contributed by atoms with Crippen molar-refractivity contribution in [2.45, 2.75) is 19.9 Å². The fraction of sp³-hybridized carbons (Fsp3) is 0.235. The number of benzene rings is 1. The van der Waals surface area contributed by atoms with Crippen LogP contribution >= 0.6 is 11.6 Å². The smallest absolute Gasteiger partial charge is 0.176 e. The van der Waals surface area contributed by atoms with Crippen molar-refractivity contribution in [1.29, 1.82) is 0 Å². The first-order valence-corrected chi connectivity index (χ1v) is 7.95. The summed E-state index contributed by atoms with van der Waals surface area (Å²) < 4.78 is 1.74. The number of nitrogens with one attached hydrogen (secondary N) is 1. The fourth-order valence-corrected chi connectivity index (χ4v) is 2.61.